The van der Waals surface area contributed by atoms with Crippen molar-refractivity contribution in [3.8, 4) is 11.1 Å². The molecule has 1 aliphatic rings. The number of hydrogen-bond donors (Lipinski definition) is 1. The van der Waals surface area contributed by atoms with Gasteiger partial charge in [-0.05, 0) is 78.6 Å². The minimum Gasteiger partial charge on any atom is -0.368 e. The first kappa shape index (κ1) is 28.6. The van der Waals surface area contributed by atoms with Crippen molar-refractivity contribution in [3.63, 3.8) is 0 Å². The molecule has 41 heavy (non-hydrogen) atoms. The number of carbonyl (C=O) groups excluding carboxylic acids is 1. The number of nitrogens with zero attached hydrogens (tertiary/aromatic N) is 2. The molecule has 2 N–H and O–H groups in total. The molecule has 5 rings (SSSR count). The highest BCUT2D eigenvalue weighted by Gasteiger charge is 2.30. The molecular weight excluding hydrogens is 554 g/mol. The van der Waals surface area contributed by atoms with Crippen LogP contribution in [-0.2, 0) is 36.0 Å². The van der Waals surface area contributed by atoms with Crippen LogP contribution in [0.2, 0.25) is 0 Å². The molecular formula is C31H27F4N3O2S. The van der Waals surface area contributed by atoms with Gasteiger partial charge in [0.25, 0.3) is 5.56 Å². The number of amides is 1. The number of nitrogens with two attached hydrogens (primary N) is 1. The number of alkyl halides is 3. The lowest BCUT2D eigenvalue weighted by atomic mass is 9.99. The van der Waals surface area contributed by atoms with E-state index < -0.39 is 23.7 Å². The van der Waals surface area contributed by atoms with Gasteiger partial charge >= 0.3 is 6.18 Å². The Morgan fingerprint density at radius 3 is 2.15 bits per heavy atom. The minimum atomic E-state index is -4.39. The lowest BCUT2D eigenvalue weighted by Crippen LogP contribution is -2.32. The van der Waals surface area contributed by atoms with Gasteiger partial charge in [-0.15, -0.1) is 0 Å². The van der Waals surface area contributed by atoms with Crippen molar-refractivity contribution < 1.29 is 22.4 Å². The number of aromatic nitrogens is 2. The third kappa shape index (κ3) is 6.53. The molecule has 0 saturated carbocycles. The first-order valence-electron chi connectivity index (χ1n) is 13.2. The zero-order valence-electron chi connectivity index (χ0n) is 22.0. The average molecular weight is 582 g/mol. The normalized spacial score (nSPS) is 13.7. The van der Waals surface area contributed by atoms with E-state index in [-0.39, 0.29) is 11.4 Å². The number of hydrogen-bond acceptors (Lipinski definition) is 4. The van der Waals surface area contributed by atoms with Crippen LogP contribution in [-0.4, -0.2) is 15.5 Å². The van der Waals surface area contributed by atoms with Gasteiger partial charge in [-0.3, -0.25) is 9.59 Å². The van der Waals surface area contributed by atoms with E-state index in [2.05, 4.69) is 4.98 Å². The summed E-state index contributed by atoms with van der Waals surface area (Å²) in [5.74, 6) is -0.440. The topological polar surface area (TPSA) is 78.0 Å². The van der Waals surface area contributed by atoms with Crippen LogP contribution in [0.15, 0.2) is 82.7 Å². The predicted molar refractivity (Wildman–Crippen MR) is 150 cm³/mol. The van der Waals surface area contributed by atoms with Crippen LogP contribution >= 0.6 is 11.8 Å². The average Bonchev–Trinajstić information content (AvgIpc) is 3.44. The molecule has 0 aliphatic heterocycles. The van der Waals surface area contributed by atoms with Crippen molar-refractivity contribution in [1.82, 2.24) is 9.55 Å². The quantitative estimate of drug-likeness (QED) is 0.139. The van der Waals surface area contributed by atoms with Gasteiger partial charge in [-0.1, -0.05) is 60.3 Å². The van der Waals surface area contributed by atoms with Crippen LogP contribution in [0, 0.1) is 5.82 Å². The molecule has 10 heteroatoms. The van der Waals surface area contributed by atoms with Gasteiger partial charge in [0.05, 0.1) is 5.56 Å². The molecule has 1 aromatic heterocycles. The predicted octanol–water partition coefficient (Wildman–Crippen LogP) is 6.51. The lowest BCUT2D eigenvalue weighted by Gasteiger charge is -2.24. The molecule has 212 valence electrons. The molecule has 0 bridgehead atoms. The van der Waals surface area contributed by atoms with E-state index in [4.69, 9.17) is 5.73 Å². The summed E-state index contributed by atoms with van der Waals surface area (Å²) in [5, 5.41) is 0.404. The number of rotatable bonds is 9. The third-order valence-corrected chi connectivity index (χ3v) is 8.29. The van der Waals surface area contributed by atoms with E-state index in [1.54, 1.807) is 12.1 Å². The van der Waals surface area contributed by atoms with Crippen LogP contribution in [0.3, 0.4) is 0 Å². The second-order valence-corrected chi connectivity index (χ2v) is 10.9. The minimum absolute atomic E-state index is 0.294. The molecule has 0 saturated heterocycles. The number of fused-ring (bicyclic) bond motifs is 1. The number of carbonyl (C=O) groups is 1. The number of aryl methyl sites for hydroxylation is 1. The number of halogens is 4. The van der Waals surface area contributed by atoms with Gasteiger partial charge in [0.15, 0.2) is 5.16 Å². The van der Waals surface area contributed by atoms with Crippen molar-refractivity contribution >= 4 is 17.7 Å². The highest BCUT2D eigenvalue weighted by molar-refractivity contribution is 7.98. The van der Waals surface area contributed by atoms with Gasteiger partial charge in [0.1, 0.15) is 11.9 Å². The summed E-state index contributed by atoms with van der Waals surface area (Å²) >= 11 is 1.31. The van der Waals surface area contributed by atoms with Crippen molar-refractivity contribution in [2.45, 2.75) is 55.2 Å². The fourth-order valence-electron chi connectivity index (χ4n) is 5.12. The Kier molecular flexibility index (Phi) is 8.30. The zero-order chi connectivity index (χ0) is 29.1. The molecule has 3 aromatic carbocycles. The highest BCUT2D eigenvalue weighted by atomic mass is 32.2. The molecule has 1 amide bonds. The Morgan fingerprint density at radius 2 is 1.54 bits per heavy atom. The van der Waals surface area contributed by atoms with Crippen molar-refractivity contribution in [2.75, 3.05) is 0 Å². The molecule has 1 aliphatic carbocycles. The second-order valence-electron chi connectivity index (χ2n) is 9.99. The van der Waals surface area contributed by atoms with E-state index in [1.807, 2.05) is 28.8 Å². The molecule has 0 spiro atoms. The molecule has 0 radical (unpaired) electrons. The van der Waals surface area contributed by atoms with Crippen LogP contribution in [0.4, 0.5) is 17.6 Å². The largest absolute Gasteiger partial charge is 0.416 e. The van der Waals surface area contributed by atoms with Gasteiger partial charge in [-0.25, -0.2) is 4.39 Å². The van der Waals surface area contributed by atoms with Crippen molar-refractivity contribution in [1.29, 1.82) is 0 Å². The Bertz CT molecular complexity index is 1600. The van der Waals surface area contributed by atoms with Gasteiger partial charge in [-0.2, -0.15) is 18.2 Å². The Morgan fingerprint density at radius 1 is 0.927 bits per heavy atom. The molecule has 0 fully saturated rings. The zero-order valence-corrected chi connectivity index (χ0v) is 22.8. The maximum Gasteiger partial charge on any atom is 0.416 e. The summed E-state index contributed by atoms with van der Waals surface area (Å²) < 4.78 is 53.8. The van der Waals surface area contributed by atoms with Crippen LogP contribution in [0.1, 0.15) is 46.8 Å². The van der Waals surface area contributed by atoms with Crippen molar-refractivity contribution in [2.24, 2.45) is 5.73 Å². The Labute approximate surface area is 238 Å². The summed E-state index contributed by atoms with van der Waals surface area (Å²) in [4.78, 5) is 29.9. The molecule has 1 unspecified atom stereocenters. The smallest absolute Gasteiger partial charge is 0.368 e. The van der Waals surface area contributed by atoms with Crippen LogP contribution in [0.25, 0.3) is 11.1 Å². The fourth-order valence-corrected chi connectivity index (χ4v) is 6.13. The summed E-state index contributed by atoms with van der Waals surface area (Å²) in [7, 11) is 0. The Balaban J connectivity index is 1.36. The van der Waals surface area contributed by atoms with E-state index in [0.29, 0.717) is 47.7 Å². The molecule has 1 atom stereocenters. The van der Waals surface area contributed by atoms with Crippen LogP contribution in [0.5, 0.6) is 0 Å². The summed E-state index contributed by atoms with van der Waals surface area (Å²) in [5.41, 5.74) is 9.52. The van der Waals surface area contributed by atoms with Gasteiger partial charge in [0.2, 0.25) is 5.91 Å². The third-order valence-electron chi connectivity index (χ3n) is 7.27. The maximum absolute atomic E-state index is 13.3. The van der Waals surface area contributed by atoms with Crippen molar-refractivity contribution in [3.05, 3.63) is 117 Å². The highest BCUT2D eigenvalue weighted by Crippen LogP contribution is 2.33. The van der Waals surface area contributed by atoms with Gasteiger partial charge < -0.3 is 10.3 Å². The second kappa shape index (κ2) is 11.9. The number of benzene rings is 3. The molecule has 4 aromatic rings. The lowest BCUT2D eigenvalue weighted by molar-refractivity contribution is -0.137. The molecule has 1 heterocycles. The van der Waals surface area contributed by atoms with Gasteiger partial charge in [0, 0.05) is 17.0 Å². The SMILES string of the molecule is NC(=O)C(CCc1ccc(-c2ccc(C(F)(F)F)cc2)cc1)n1c(SCc2ccc(F)cc2)nc(=O)c2c1CCC2. The van der Waals surface area contributed by atoms with E-state index in [1.165, 1.54) is 36.0 Å². The van der Waals surface area contributed by atoms with E-state index >= 15 is 0 Å². The standard InChI is InChI=1S/C31H27F4N3O2S/c32-24-15-6-20(7-16-24)18-41-30-37-29(40)25-2-1-3-26(25)38(30)27(28(36)39)17-8-19-4-9-21(10-5-19)22-11-13-23(14-12-22)31(33,34)35/h4-7,9-16,27H,1-3,8,17-18H2,(H2,36,39). The summed E-state index contributed by atoms with van der Waals surface area (Å²) in [6, 6.07) is 17.8. The Hall–Kier alpha value is -3.92. The van der Waals surface area contributed by atoms with E-state index in [9.17, 15) is 27.2 Å². The summed E-state index contributed by atoms with van der Waals surface area (Å²) in [6.45, 7) is 0. The van der Waals surface area contributed by atoms with Crippen LogP contribution < -0.4 is 11.3 Å². The fraction of sp³-hybridized carbons (Fsp3) is 0.258. The number of primary amides is 1. The first-order chi connectivity index (χ1) is 19.6. The van der Waals surface area contributed by atoms with E-state index in [0.717, 1.165) is 40.9 Å². The first-order valence-corrected chi connectivity index (χ1v) is 14.2. The monoisotopic (exact) mass is 581 g/mol. The summed E-state index contributed by atoms with van der Waals surface area (Å²) in [6.07, 6.45) is -1.49. The maximum atomic E-state index is 13.3. The number of thioether (sulfide) groups is 1. The molecule has 5 nitrogen and oxygen atoms in total.